The second kappa shape index (κ2) is 6.50. The molecular formula is C14H24N2S. The first-order valence-corrected chi connectivity index (χ1v) is 7.73. The predicted octanol–water partition coefficient (Wildman–Crippen LogP) is 3.41. The van der Waals surface area contributed by atoms with Crippen LogP contribution in [0, 0.1) is 18.8 Å². The summed E-state index contributed by atoms with van der Waals surface area (Å²) in [7, 11) is 0. The van der Waals surface area contributed by atoms with Crippen molar-refractivity contribution in [1.82, 2.24) is 10.3 Å². The van der Waals surface area contributed by atoms with Crippen molar-refractivity contribution in [2.24, 2.45) is 11.8 Å². The number of nitrogens with zero attached hydrogens (tertiary/aromatic N) is 1. The first-order valence-electron chi connectivity index (χ1n) is 6.85. The summed E-state index contributed by atoms with van der Waals surface area (Å²) in [5, 5.41) is 3.62. The minimum Gasteiger partial charge on any atom is -0.316 e. The fourth-order valence-electron chi connectivity index (χ4n) is 2.82. The highest BCUT2D eigenvalue weighted by Crippen LogP contribution is 2.27. The van der Waals surface area contributed by atoms with Gasteiger partial charge < -0.3 is 5.32 Å². The van der Waals surface area contributed by atoms with Crippen LogP contribution in [-0.4, -0.2) is 18.1 Å². The topological polar surface area (TPSA) is 24.9 Å². The van der Waals surface area contributed by atoms with Crippen molar-refractivity contribution in [3.63, 3.8) is 0 Å². The second-order valence-electron chi connectivity index (χ2n) is 5.45. The molecule has 1 saturated carbocycles. The molecule has 1 fully saturated rings. The Bertz CT molecular complexity index is 335. The average molecular weight is 252 g/mol. The SMILES string of the molecule is Cc1ncsc1CCNCC1CCCC(C)C1. The van der Waals surface area contributed by atoms with Gasteiger partial charge in [-0.3, -0.25) is 0 Å². The summed E-state index contributed by atoms with van der Waals surface area (Å²) in [6.45, 7) is 6.82. The van der Waals surface area contributed by atoms with Gasteiger partial charge in [-0.05, 0) is 44.6 Å². The molecule has 3 heteroatoms. The Morgan fingerprint density at radius 1 is 1.47 bits per heavy atom. The minimum atomic E-state index is 0.918. The van der Waals surface area contributed by atoms with Crippen LogP contribution in [0.25, 0.3) is 0 Å². The summed E-state index contributed by atoms with van der Waals surface area (Å²) in [6, 6.07) is 0. The molecule has 2 unspecified atom stereocenters. The summed E-state index contributed by atoms with van der Waals surface area (Å²) in [5.74, 6) is 1.86. The van der Waals surface area contributed by atoms with E-state index in [4.69, 9.17) is 0 Å². The molecule has 1 aromatic heterocycles. The maximum absolute atomic E-state index is 4.29. The molecule has 2 nitrogen and oxygen atoms in total. The molecule has 1 aliphatic rings. The number of nitrogens with one attached hydrogen (secondary N) is 1. The zero-order chi connectivity index (χ0) is 12.1. The monoisotopic (exact) mass is 252 g/mol. The lowest BCUT2D eigenvalue weighted by Crippen LogP contribution is -2.28. The van der Waals surface area contributed by atoms with Gasteiger partial charge in [-0.1, -0.05) is 19.8 Å². The van der Waals surface area contributed by atoms with E-state index in [1.807, 2.05) is 5.51 Å². The van der Waals surface area contributed by atoms with Gasteiger partial charge in [0.1, 0.15) is 0 Å². The van der Waals surface area contributed by atoms with E-state index in [9.17, 15) is 0 Å². The molecule has 1 N–H and O–H groups in total. The van der Waals surface area contributed by atoms with Gasteiger partial charge in [-0.2, -0.15) is 0 Å². The first-order chi connectivity index (χ1) is 8.25. The minimum absolute atomic E-state index is 0.918. The van der Waals surface area contributed by atoms with Crippen LogP contribution in [0.1, 0.15) is 43.2 Å². The summed E-state index contributed by atoms with van der Waals surface area (Å²) in [4.78, 5) is 5.73. The van der Waals surface area contributed by atoms with Crippen LogP contribution < -0.4 is 5.32 Å². The van der Waals surface area contributed by atoms with Crippen molar-refractivity contribution < 1.29 is 0 Å². The lowest BCUT2D eigenvalue weighted by molar-refractivity contribution is 0.275. The predicted molar refractivity (Wildman–Crippen MR) is 74.5 cm³/mol. The van der Waals surface area contributed by atoms with Gasteiger partial charge in [0.15, 0.2) is 0 Å². The number of rotatable bonds is 5. The Labute approximate surface area is 109 Å². The Morgan fingerprint density at radius 2 is 2.35 bits per heavy atom. The van der Waals surface area contributed by atoms with Crippen molar-refractivity contribution in [1.29, 1.82) is 0 Å². The standard InChI is InChI=1S/C14H24N2S/c1-11-4-3-5-13(8-11)9-15-7-6-14-12(2)16-10-17-14/h10-11,13,15H,3-9H2,1-2H3. The zero-order valence-electron chi connectivity index (χ0n) is 11.0. The van der Waals surface area contributed by atoms with Gasteiger partial charge in [0, 0.05) is 11.4 Å². The van der Waals surface area contributed by atoms with Crippen molar-refractivity contribution in [2.45, 2.75) is 46.0 Å². The van der Waals surface area contributed by atoms with Gasteiger partial charge in [0.2, 0.25) is 0 Å². The van der Waals surface area contributed by atoms with E-state index < -0.39 is 0 Å². The molecule has 0 radical (unpaired) electrons. The number of aromatic nitrogens is 1. The molecule has 1 aromatic rings. The maximum Gasteiger partial charge on any atom is 0.0797 e. The average Bonchev–Trinajstić information content (AvgIpc) is 2.71. The van der Waals surface area contributed by atoms with Crippen molar-refractivity contribution >= 4 is 11.3 Å². The summed E-state index contributed by atoms with van der Waals surface area (Å²) >= 11 is 1.78. The van der Waals surface area contributed by atoms with E-state index in [-0.39, 0.29) is 0 Å². The van der Waals surface area contributed by atoms with Crippen LogP contribution in [0.3, 0.4) is 0 Å². The number of hydrogen-bond acceptors (Lipinski definition) is 3. The van der Waals surface area contributed by atoms with E-state index in [1.54, 1.807) is 11.3 Å². The lowest BCUT2D eigenvalue weighted by Gasteiger charge is -2.26. The lowest BCUT2D eigenvalue weighted by atomic mass is 9.82. The number of aryl methyl sites for hydroxylation is 1. The van der Waals surface area contributed by atoms with Gasteiger partial charge in [-0.15, -0.1) is 11.3 Å². The molecule has 2 rings (SSSR count). The van der Waals surface area contributed by atoms with Gasteiger partial charge >= 0.3 is 0 Å². The molecule has 1 heterocycles. The third-order valence-corrected chi connectivity index (χ3v) is 4.85. The third kappa shape index (κ3) is 4.07. The summed E-state index contributed by atoms with van der Waals surface area (Å²) in [6.07, 6.45) is 6.86. The molecule has 0 amide bonds. The Hall–Kier alpha value is -0.410. The fourth-order valence-corrected chi connectivity index (χ4v) is 3.60. The van der Waals surface area contributed by atoms with E-state index in [0.29, 0.717) is 0 Å². The van der Waals surface area contributed by atoms with Crippen LogP contribution in [0.2, 0.25) is 0 Å². The van der Waals surface area contributed by atoms with Crippen molar-refractivity contribution in [3.8, 4) is 0 Å². The van der Waals surface area contributed by atoms with E-state index >= 15 is 0 Å². The van der Waals surface area contributed by atoms with E-state index in [0.717, 1.165) is 24.8 Å². The smallest absolute Gasteiger partial charge is 0.0797 e. The van der Waals surface area contributed by atoms with Crippen molar-refractivity contribution in [2.75, 3.05) is 13.1 Å². The number of thiazole rings is 1. The first kappa shape index (κ1) is 13.0. The molecule has 1 aliphatic carbocycles. The molecule has 17 heavy (non-hydrogen) atoms. The fraction of sp³-hybridized carbons (Fsp3) is 0.786. The third-order valence-electron chi connectivity index (χ3n) is 3.85. The van der Waals surface area contributed by atoms with Crippen LogP contribution in [-0.2, 0) is 6.42 Å². The molecule has 0 saturated heterocycles. The molecular weight excluding hydrogens is 228 g/mol. The highest BCUT2D eigenvalue weighted by Gasteiger charge is 2.18. The van der Waals surface area contributed by atoms with Crippen LogP contribution in [0.5, 0.6) is 0 Å². The van der Waals surface area contributed by atoms with E-state index in [2.05, 4.69) is 24.1 Å². The Kier molecular flexibility index (Phi) is 4.99. The van der Waals surface area contributed by atoms with Gasteiger partial charge in [0.25, 0.3) is 0 Å². The zero-order valence-corrected chi connectivity index (χ0v) is 11.9. The van der Waals surface area contributed by atoms with Crippen LogP contribution in [0.15, 0.2) is 5.51 Å². The van der Waals surface area contributed by atoms with Gasteiger partial charge in [0.05, 0.1) is 11.2 Å². The van der Waals surface area contributed by atoms with Crippen LogP contribution >= 0.6 is 11.3 Å². The Morgan fingerprint density at radius 3 is 3.06 bits per heavy atom. The van der Waals surface area contributed by atoms with Crippen molar-refractivity contribution in [3.05, 3.63) is 16.1 Å². The molecule has 2 atom stereocenters. The normalized spacial score (nSPS) is 25.1. The molecule has 0 bridgehead atoms. The summed E-state index contributed by atoms with van der Waals surface area (Å²) in [5.41, 5.74) is 3.16. The second-order valence-corrected chi connectivity index (χ2v) is 6.39. The molecule has 0 aromatic carbocycles. The highest BCUT2D eigenvalue weighted by atomic mass is 32.1. The largest absolute Gasteiger partial charge is 0.316 e. The van der Waals surface area contributed by atoms with Gasteiger partial charge in [-0.25, -0.2) is 4.98 Å². The Balaban J connectivity index is 1.61. The van der Waals surface area contributed by atoms with E-state index in [1.165, 1.54) is 42.8 Å². The van der Waals surface area contributed by atoms with Crippen LogP contribution in [0.4, 0.5) is 0 Å². The molecule has 0 aliphatic heterocycles. The molecule has 0 spiro atoms. The summed E-state index contributed by atoms with van der Waals surface area (Å²) < 4.78 is 0. The highest BCUT2D eigenvalue weighted by molar-refractivity contribution is 7.09. The maximum atomic E-state index is 4.29. The number of hydrogen-bond donors (Lipinski definition) is 1. The molecule has 96 valence electrons. The quantitative estimate of drug-likeness (QED) is 0.812.